The molecule has 0 spiro atoms. The third-order valence-electron chi connectivity index (χ3n) is 3.98. The molecule has 1 heterocycles. The SMILES string of the molecule is OC[C@H]1O[C@H](c2ccc(/C=C/c3ccccc3)cc2)C[C@@H]1O. The normalized spacial score (nSPS) is 24.9. The van der Waals surface area contributed by atoms with Crippen LogP contribution in [-0.4, -0.2) is 29.0 Å². The maximum atomic E-state index is 9.79. The molecule has 1 fully saturated rings. The van der Waals surface area contributed by atoms with Crippen LogP contribution in [-0.2, 0) is 4.74 Å². The van der Waals surface area contributed by atoms with Crippen molar-refractivity contribution in [3.8, 4) is 0 Å². The van der Waals surface area contributed by atoms with E-state index in [2.05, 4.69) is 24.3 Å². The smallest absolute Gasteiger partial charge is 0.107 e. The number of hydrogen-bond donors (Lipinski definition) is 2. The van der Waals surface area contributed by atoms with E-state index in [9.17, 15) is 5.11 Å². The zero-order valence-corrected chi connectivity index (χ0v) is 12.3. The Morgan fingerprint density at radius 1 is 0.955 bits per heavy atom. The monoisotopic (exact) mass is 296 g/mol. The summed E-state index contributed by atoms with van der Waals surface area (Å²) in [5.74, 6) is 0. The zero-order chi connectivity index (χ0) is 15.4. The number of benzene rings is 2. The molecule has 0 aromatic heterocycles. The van der Waals surface area contributed by atoms with Crippen LogP contribution in [0.3, 0.4) is 0 Å². The third-order valence-corrected chi connectivity index (χ3v) is 3.98. The summed E-state index contributed by atoms with van der Waals surface area (Å²) in [5, 5.41) is 18.9. The highest BCUT2D eigenvalue weighted by Crippen LogP contribution is 2.33. The Morgan fingerprint density at radius 2 is 1.59 bits per heavy atom. The van der Waals surface area contributed by atoms with Crippen LogP contribution < -0.4 is 0 Å². The molecule has 0 saturated carbocycles. The van der Waals surface area contributed by atoms with E-state index in [0.717, 1.165) is 11.1 Å². The van der Waals surface area contributed by atoms with Crippen molar-refractivity contribution in [3.63, 3.8) is 0 Å². The van der Waals surface area contributed by atoms with Crippen molar-refractivity contribution in [2.24, 2.45) is 0 Å². The van der Waals surface area contributed by atoms with Crippen molar-refractivity contribution in [2.75, 3.05) is 6.61 Å². The van der Waals surface area contributed by atoms with E-state index in [-0.39, 0.29) is 12.7 Å². The Bertz CT molecular complexity index is 619. The minimum atomic E-state index is -0.590. The Balaban J connectivity index is 1.67. The van der Waals surface area contributed by atoms with Gasteiger partial charge in [0, 0.05) is 6.42 Å². The molecule has 22 heavy (non-hydrogen) atoms. The summed E-state index contributed by atoms with van der Waals surface area (Å²) < 4.78 is 5.66. The molecule has 0 radical (unpaired) electrons. The molecule has 0 aliphatic carbocycles. The molecule has 0 amide bonds. The fraction of sp³-hybridized carbons (Fsp3) is 0.263. The fourth-order valence-corrected chi connectivity index (χ4v) is 2.69. The molecular weight excluding hydrogens is 276 g/mol. The third kappa shape index (κ3) is 3.45. The lowest BCUT2D eigenvalue weighted by Gasteiger charge is -2.12. The van der Waals surface area contributed by atoms with Gasteiger partial charge in [-0.1, -0.05) is 66.7 Å². The first-order valence-corrected chi connectivity index (χ1v) is 7.54. The lowest BCUT2D eigenvalue weighted by molar-refractivity contribution is -0.0225. The van der Waals surface area contributed by atoms with Crippen molar-refractivity contribution in [1.29, 1.82) is 0 Å². The molecule has 3 nitrogen and oxygen atoms in total. The summed E-state index contributed by atoms with van der Waals surface area (Å²) in [6, 6.07) is 18.3. The topological polar surface area (TPSA) is 49.7 Å². The highest BCUT2D eigenvalue weighted by molar-refractivity contribution is 5.69. The molecule has 1 saturated heterocycles. The minimum absolute atomic E-state index is 0.140. The molecule has 2 N–H and O–H groups in total. The van der Waals surface area contributed by atoms with Gasteiger partial charge in [0.2, 0.25) is 0 Å². The van der Waals surface area contributed by atoms with E-state index in [4.69, 9.17) is 9.84 Å². The van der Waals surface area contributed by atoms with Crippen LogP contribution in [0.1, 0.15) is 29.2 Å². The van der Waals surface area contributed by atoms with Crippen LogP contribution >= 0.6 is 0 Å². The summed E-state index contributed by atoms with van der Waals surface area (Å²) >= 11 is 0. The van der Waals surface area contributed by atoms with Gasteiger partial charge in [-0.3, -0.25) is 0 Å². The van der Waals surface area contributed by atoms with Gasteiger partial charge in [-0.25, -0.2) is 0 Å². The standard InChI is InChI=1S/C19H20O3/c20-13-19-17(21)12-18(22-19)16-10-8-15(9-11-16)7-6-14-4-2-1-3-5-14/h1-11,17-21H,12-13H2/b7-6+/t17-,18-,19+/m0/s1. The number of rotatable bonds is 4. The highest BCUT2D eigenvalue weighted by Gasteiger charge is 2.33. The average molecular weight is 296 g/mol. The molecule has 3 heteroatoms. The summed E-state index contributed by atoms with van der Waals surface area (Å²) in [6.07, 6.45) is 3.48. The summed E-state index contributed by atoms with van der Waals surface area (Å²) in [6.45, 7) is -0.143. The second-order valence-electron chi connectivity index (χ2n) is 5.56. The first-order valence-electron chi connectivity index (χ1n) is 7.54. The van der Waals surface area contributed by atoms with Crippen LogP contribution in [0.5, 0.6) is 0 Å². The van der Waals surface area contributed by atoms with Gasteiger partial charge >= 0.3 is 0 Å². The van der Waals surface area contributed by atoms with Crippen molar-refractivity contribution in [1.82, 2.24) is 0 Å². The van der Waals surface area contributed by atoms with Crippen LogP contribution in [0.25, 0.3) is 12.2 Å². The molecule has 1 aliphatic heterocycles. The van der Waals surface area contributed by atoms with Crippen molar-refractivity contribution in [2.45, 2.75) is 24.7 Å². The second kappa shape index (κ2) is 6.88. The Kier molecular flexibility index (Phi) is 4.68. The van der Waals surface area contributed by atoms with Gasteiger partial charge in [-0.15, -0.1) is 0 Å². The first kappa shape index (κ1) is 15.0. The highest BCUT2D eigenvalue weighted by atomic mass is 16.5. The summed E-state index contributed by atoms with van der Waals surface area (Å²) in [5.41, 5.74) is 3.32. The van der Waals surface area contributed by atoms with Gasteiger partial charge in [-0.05, 0) is 16.7 Å². The van der Waals surface area contributed by atoms with Crippen molar-refractivity contribution < 1.29 is 14.9 Å². The van der Waals surface area contributed by atoms with E-state index < -0.39 is 12.2 Å². The number of ether oxygens (including phenoxy) is 1. The van der Waals surface area contributed by atoms with E-state index in [1.807, 2.05) is 42.5 Å². The molecule has 2 aromatic carbocycles. The number of aliphatic hydroxyl groups is 2. The molecule has 3 atom stereocenters. The van der Waals surface area contributed by atoms with Gasteiger partial charge in [0.05, 0.1) is 18.8 Å². The zero-order valence-electron chi connectivity index (χ0n) is 12.3. The van der Waals surface area contributed by atoms with Crippen LogP contribution in [0.15, 0.2) is 54.6 Å². The van der Waals surface area contributed by atoms with E-state index in [0.29, 0.717) is 6.42 Å². The van der Waals surface area contributed by atoms with Gasteiger partial charge in [0.15, 0.2) is 0 Å². The van der Waals surface area contributed by atoms with Crippen molar-refractivity contribution >= 4 is 12.2 Å². The van der Waals surface area contributed by atoms with Crippen LogP contribution in [0.2, 0.25) is 0 Å². The molecule has 2 aromatic rings. The average Bonchev–Trinajstić information content (AvgIpc) is 2.95. The first-order chi connectivity index (χ1) is 10.8. The van der Waals surface area contributed by atoms with Crippen LogP contribution in [0.4, 0.5) is 0 Å². The van der Waals surface area contributed by atoms with Gasteiger partial charge in [0.1, 0.15) is 6.10 Å². The largest absolute Gasteiger partial charge is 0.394 e. The van der Waals surface area contributed by atoms with E-state index in [1.165, 1.54) is 5.56 Å². The predicted molar refractivity (Wildman–Crippen MR) is 87.1 cm³/mol. The number of hydrogen-bond acceptors (Lipinski definition) is 3. The maximum Gasteiger partial charge on any atom is 0.107 e. The van der Waals surface area contributed by atoms with Crippen molar-refractivity contribution in [3.05, 3.63) is 71.3 Å². The van der Waals surface area contributed by atoms with Crippen LogP contribution in [0, 0.1) is 0 Å². The molecular formula is C19H20O3. The molecule has 3 rings (SSSR count). The lowest BCUT2D eigenvalue weighted by atomic mass is 10.0. The molecule has 114 valence electrons. The lowest BCUT2D eigenvalue weighted by Crippen LogP contribution is -2.24. The molecule has 0 unspecified atom stereocenters. The minimum Gasteiger partial charge on any atom is -0.394 e. The second-order valence-corrected chi connectivity index (χ2v) is 5.56. The molecule has 0 bridgehead atoms. The Labute approximate surface area is 130 Å². The van der Waals surface area contributed by atoms with Gasteiger partial charge < -0.3 is 14.9 Å². The maximum absolute atomic E-state index is 9.79. The quantitative estimate of drug-likeness (QED) is 0.853. The van der Waals surface area contributed by atoms with E-state index in [1.54, 1.807) is 0 Å². The Morgan fingerprint density at radius 3 is 2.18 bits per heavy atom. The fourth-order valence-electron chi connectivity index (χ4n) is 2.69. The summed E-state index contributed by atoms with van der Waals surface area (Å²) in [4.78, 5) is 0. The van der Waals surface area contributed by atoms with Gasteiger partial charge in [0.25, 0.3) is 0 Å². The van der Waals surface area contributed by atoms with E-state index >= 15 is 0 Å². The Hall–Kier alpha value is -1.94. The summed E-state index contributed by atoms with van der Waals surface area (Å²) in [7, 11) is 0. The molecule has 1 aliphatic rings. The number of aliphatic hydroxyl groups excluding tert-OH is 2. The van der Waals surface area contributed by atoms with Gasteiger partial charge in [-0.2, -0.15) is 0 Å². The predicted octanol–water partition coefficient (Wildman–Crippen LogP) is 3.04.